The quantitative estimate of drug-likeness (QED) is 0.399. The average Bonchev–Trinajstić information content (AvgIpc) is 2.94. The molecule has 1 unspecified atom stereocenters. The number of fused-ring (bicyclic) bond motifs is 1. The number of amides is 1. The first-order valence-electron chi connectivity index (χ1n) is 14.0. The van der Waals surface area contributed by atoms with Crippen LogP contribution in [0.25, 0.3) is 0 Å². The van der Waals surface area contributed by atoms with E-state index in [9.17, 15) is 18.0 Å². The molecule has 2 fully saturated rings. The lowest BCUT2D eigenvalue weighted by Gasteiger charge is -2.48. The van der Waals surface area contributed by atoms with Crippen LogP contribution in [0.15, 0.2) is 24.5 Å². The zero-order valence-electron chi connectivity index (χ0n) is 23.4. The van der Waals surface area contributed by atoms with E-state index in [1.54, 1.807) is 4.90 Å². The maximum absolute atomic E-state index is 13.0. The van der Waals surface area contributed by atoms with Crippen molar-refractivity contribution in [2.75, 3.05) is 45.9 Å². The molecule has 0 saturated carbocycles. The number of halogens is 3. The van der Waals surface area contributed by atoms with Crippen LogP contribution in [0.1, 0.15) is 78.4 Å². The largest absolute Gasteiger partial charge is 0.493 e. The molecule has 7 nitrogen and oxygen atoms in total. The molecule has 2 aliphatic rings. The zero-order valence-corrected chi connectivity index (χ0v) is 23.4. The van der Waals surface area contributed by atoms with Crippen molar-refractivity contribution in [1.82, 2.24) is 24.7 Å². The van der Waals surface area contributed by atoms with Crippen LogP contribution in [0.3, 0.4) is 0 Å². The molecule has 39 heavy (non-hydrogen) atoms. The number of carbonyl (C=O) groups excluding carboxylic acids is 1. The van der Waals surface area contributed by atoms with Crippen LogP contribution in [-0.2, 0) is 6.18 Å². The minimum Gasteiger partial charge on any atom is -0.493 e. The highest BCUT2D eigenvalue weighted by Gasteiger charge is 2.38. The summed E-state index contributed by atoms with van der Waals surface area (Å²) < 4.78 is 44.6. The molecule has 10 heteroatoms. The Morgan fingerprint density at radius 2 is 1.79 bits per heavy atom. The second-order valence-electron chi connectivity index (χ2n) is 10.5. The van der Waals surface area contributed by atoms with Crippen LogP contribution in [-0.4, -0.2) is 82.5 Å². The summed E-state index contributed by atoms with van der Waals surface area (Å²) in [5, 5.41) is 0. The van der Waals surface area contributed by atoms with Crippen LogP contribution in [0.2, 0.25) is 0 Å². The molecule has 2 saturated heterocycles. The number of benzene rings is 1. The number of rotatable bonds is 9. The van der Waals surface area contributed by atoms with E-state index in [-0.39, 0.29) is 23.6 Å². The van der Waals surface area contributed by atoms with E-state index < -0.39 is 12.0 Å². The van der Waals surface area contributed by atoms with Crippen molar-refractivity contribution in [2.45, 2.75) is 71.6 Å². The van der Waals surface area contributed by atoms with Crippen molar-refractivity contribution in [3.63, 3.8) is 0 Å². The Hall–Kier alpha value is -2.72. The van der Waals surface area contributed by atoms with Gasteiger partial charge >= 0.3 is 6.18 Å². The standard InChI is InChI=1S/C29H40F3N5O2/c1-5-35(6-2)13-8-16-39-26-12-11-24(20(3)21(26)4)25-10-7-9-23-19-36(14-15-37(23)25)27(38)22-17-33-28(34-18-22)29(30,31)32/h11-12,17-18,23,25H,5-10,13-16,19H2,1-4H3/t23?,25-/m1/s1. The predicted molar refractivity (Wildman–Crippen MR) is 144 cm³/mol. The van der Waals surface area contributed by atoms with Gasteiger partial charge in [0.25, 0.3) is 5.91 Å². The highest BCUT2D eigenvalue weighted by Crippen LogP contribution is 2.39. The van der Waals surface area contributed by atoms with Gasteiger partial charge < -0.3 is 14.5 Å². The molecule has 1 aromatic heterocycles. The third-order valence-corrected chi connectivity index (χ3v) is 8.29. The molecule has 2 aromatic rings. The first kappa shape index (κ1) is 29.3. The Kier molecular flexibility index (Phi) is 9.48. The van der Waals surface area contributed by atoms with Crippen molar-refractivity contribution in [3.8, 4) is 5.75 Å². The van der Waals surface area contributed by atoms with E-state index in [0.717, 1.165) is 63.5 Å². The summed E-state index contributed by atoms with van der Waals surface area (Å²) >= 11 is 0. The number of aromatic nitrogens is 2. The van der Waals surface area contributed by atoms with Crippen molar-refractivity contribution >= 4 is 5.91 Å². The van der Waals surface area contributed by atoms with Gasteiger partial charge in [-0.05, 0) is 75.4 Å². The maximum Gasteiger partial charge on any atom is 0.451 e. The lowest BCUT2D eigenvalue weighted by Crippen LogP contribution is -2.57. The molecule has 0 aliphatic carbocycles. The molecular weight excluding hydrogens is 507 g/mol. The Morgan fingerprint density at radius 3 is 2.46 bits per heavy atom. The van der Waals surface area contributed by atoms with Gasteiger partial charge in [-0.3, -0.25) is 9.69 Å². The van der Waals surface area contributed by atoms with E-state index in [2.05, 4.69) is 59.6 Å². The van der Waals surface area contributed by atoms with Gasteiger partial charge in [-0.15, -0.1) is 0 Å². The fourth-order valence-corrected chi connectivity index (χ4v) is 5.88. The maximum atomic E-state index is 13.0. The average molecular weight is 548 g/mol. The molecule has 1 amide bonds. The van der Waals surface area contributed by atoms with Gasteiger partial charge in [0.15, 0.2) is 0 Å². The Balaban J connectivity index is 1.39. The topological polar surface area (TPSA) is 61.8 Å². The van der Waals surface area contributed by atoms with Gasteiger partial charge in [0.2, 0.25) is 5.82 Å². The molecule has 1 aromatic carbocycles. The summed E-state index contributed by atoms with van der Waals surface area (Å²) in [4.78, 5) is 26.4. The first-order chi connectivity index (χ1) is 18.6. The zero-order chi connectivity index (χ0) is 28.2. The van der Waals surface area contributed by atoms with Crippen LogP contribution in [0.5, 0.6) is 5.75 Å². The molecule has 0 radical (unpaired) electrons. The number of piperazine rings is 1. The van der Waals surface area contributed by atoms with Crippen LogP contribution in [0.4, 0.5) is 13.2 Å². The summed E-state index contributed by atoms with van der Waals surface area (Å²) in [6.45, 7) is 14.3. The third-order valence-electron chi connectivity index (χ3n) is 8.29. The molecular formula is C29H40F3N5O2. The molecule has 3 heterocycles. The van der Waals surface area contributed by atoms with Gasteiger partial charge in [0.05, 0.1) is 12.2 Å². The summed E-state index contributed by atoms with van der Waals surface area (Å²) in [6.07, 6.45) is 1.42. The summed E-state index contributed by atoms with van der Waals surface area (Å²) in [7, 11) is 0. The van der Waals surface area contributed by atoms with E-state index in [4.69, 9.17) is 4.74 Å². The van der Waals surface area contributed by atoms with Crippen LogP contribution in [0, 0.1) is 13.8 Å². The van der Waals surface area contributed by atoms with Gasteiger partial charge in [-0.25, -0.2) is 9.97 Å². The Morgan fingerprint density at radius 1 is 1.08 bits per heavy atom. The van der Waals surface area contributed by atoms with E-state index >= 15 is 0 Å². The smallest absolute Gasteiger partial charge is 0.451 e. The monoisotopic (exact) mass is 547 g/mol. The normalized spacial score (nSPS) is 20.3. The second-order valence-corrected chi connectivity index (χ2v) is 10.5. The minimum atomic E-state index is -4.63. The highest BCUT2D eigenvalue weighted by molar-refractivity contribution is 5.93. The number of piperidine rings is 1. The SMILES string of the molecule is CCN(CC)CCCOc1ccc([C@H]2CCCC3CN(C(=O)c4cnc(C(F)(F)F)nc4)CCN32)c(C)c1C. The molecule has 0 bridgehead atoms. The highest BCUT2D eigenvalue weighted by atomic mass is 19.4. The van der Waals surface area contributed by atoms with Gasteiger partial charge in [-0.2, -0.15) is 13.2 Å². The second kappa shape index (κ2) is 12.6. The number of ether oxygens (including phenoxy) is 1. The van der Waals surface area contributed by atoms with Crippen LogP contribution < -0.4 is 4.74 Å². The number of alkyl halides is 3. The van der Waals surface area contributed by atoms with Gasteiger partial charge in [0.1, 0.15) is 5.75 Å². The van der Waals surface area contributed by atoms with E-state index in [0.29, 0.717) is 26.2 Å². The molecule has 4 rings (SSSR count). The van der Waals surface area contributed by atoms with Crippen molar-refractivity contribution < 1.29 is 22.7 Å². The molecule has 0 N–H and O–H groups in total. The molecule has 2 aliphatic heterocycles. The van der Waals surface area contributed by atoms with Crippen LogP contribution >= 0.6 is 0 Å². The van der Waals surface area contributed by atoms with E-state index in [1.165, 1.54) is 16.7 Å². The predicted octanol–water partition coefficient (Wildman–Crippen LogP) is 5.27. The lowest BCUT2D eigenvalue weighted by molar-refractivity contribution is -0.145. The first-order valence-corrected chi connectivity index (χ1v) is 14.0. The van der Waals surface area contributed by atoms with E-state index in [1.807, 2.05) is 0 Å². The van der Waals surface area contributed by atoms with Crippen molar-refractivity contribution in [3.05, 3.63) is 52.6 Å². The Labute approximate surface area is 229 Å². The number of hydrogen-bond acceptors (Lipinski definition) is 6. The number of hydrogen-bond donors (Lipinski definition) is 0. The Bertz CT molecular complexity index is 1120. The summed E-state index contributed by atoms with van der Waals surface area (Å²) in [5.41, 5.74) is 3.82. The van der Waals surface area contributed by atoms with Crippen molar-refractivity contribution in [2.24, 2.45) is 0 Å². The fourth-order valence-electron chi connectivity index (χ4n) is 5.88. The minimum absolute atomic E-state index is 0.0861. The van der Waals surface area contributed by atoms with Crippen molar-refractivity contribution in [1.29, 1.82) is 0 Å². The summed E-state index contributed by atoms with van der Waals surface area (Å²) in [6, 6.07) is 4.77. The third kappa shape index (κ3) is 6.72. The number of nitrogens with zero attached hydrogens (tertiary/aromatic N) is 5. The molecule has 214 valence electrons. The molecule has 0 spiro atoms. The fraction of sp³-hybridized carbons (Fsp3) is 0.621. The summed E-state index contributed by atoms with van der Waals surface area (Å²) in [5.74, 6) is -0.613. The van der Waals surface area contributed by atoms with Gasteiger partial charge in [0, 0.05) is 50.7 Å². The number of carbonyl (C=O) groups is 1. The molecule has 2 atom stereocenters. The lowest BCUT2D eigenvalue weighted by atomic mass is 9.86. The van der Waals surface area contributed by atoms with Gasteiger partial charge in [-0.1, -0.05) is 19.9 Å².